The molecule has 6 nitrogen and oxygen atoms in total. The van der Waals surface area contributed by atoms with Gasteiger partial charge in [0.25, 0.3) is 5.91 Å². The van der Waals surface area contributed by atoms with Crippen molar-refractivity contribution in [3.8, 4) is 5.75 Å². The lowest BCUT2D eigenvalue weighted by Gasteiger charge is -2.34. The van der Waals surface area contributed by atoms with Gasteiger partial charge in [0.1, 0.15) is 5.75 Å². The van der Waals surface area contributed by atoms with Crippen molar-refractivity contribution in [2.24, 2.45) is 0 Å². The van der Waals surface area contributed by atoms with Crippen LogP contribution in [0.15, 0.2) is 51.6 Å². The number of rotatable bonds is 6. The van der Waals surface area contributed by atoms with Crippen LogP contribution in [0, 0.1) is 0 Å². The van der Waals surface area contributed by atoms with E-state index in [4.69, 9.17) is 9.15 Å². The van der Waals surface area contributed by atoms with Crippen LogP contribution in [-0.2, 0) is 4.79 Å². The van der Waals surface area contributed by atoms with Crippen LogP contribution < -0.4 is 4.74 Å². The second-order valence-electron chi connectivity index (χ2n) is 6.03. The summed E-state index contributed by atoms with van der Waals surface area (Å²) in [5.74, 6) is 1.11. The van der Waals surface area contributed by atoms with Crippen LogP contribution in [0.4, 0.5) is 0 Å². The summed E-state index contributed by atoms with van der Waals surface area (Å²) in [6.45, 7) is 2.65. The Morgan fingerprint density at radius 2 is 1.77 bits per heavy atom. The number of piperazine rings is 1. The highest BCUT2D eigenvalue weighted by Crippen LogP contribution is 2.23. The lowest BCUT2D eigenvalue weighted by Crippen LogP contribution is -2.50. The molecule has 0 unspecified atom stereocenters. The third-order valence-electron chi connectivity index (χ3n) is 4.28. The Hall–Kier alpha value is -2.28. The van der Waals surface area contributed by atoms with Crippen LogP contribution in [0.25, 0.3) is 0 Å². The number of hydrogen-bond donors (Lipinski definition) is 0. The third kappa shape index (κ3) is 4.66. The van der Waals surface area contributed by atoms with E-state index in [9.17, 15) is 9.59 Å². The number of amides is 2. The first kappa shape index (κ1) is 18.5. The molecule has 0 aliphatic carbocycles. The van der Waals surface area contributed by atoms with E-state index in [2.05, 4.69) is 15.9 Å². The molecule has 1 saturated heterocycles. The number of para-hydroxylation sites is 1. The Balaban J connectivity index is 1.37. The molecule has 26 heavy (non-hydrogen) atoms. The molecule has 0 saturated carbocycles. The van der Waals surface area contributed by atoms with Gasteiger partial charge >= 0.3 is 0 Å². The molecule has 2 aromatic rings. The van der Waals surface area contributed by atoms with Crippen molar-refractivity contribution in [3.05, 3.63) is 52.9 Å². The lowest BCUT2D eigenvalue weighted by molar-refractivity contribution is -0.132. The van der Waals surface area contributed by atoms with Crippen molar-refractivity contribution in [2.75, 3.05) is 32.8 Å². The van der Waals surface area contributed by atoms with Gasteiger partial charge in [-0.1, -0.05) is 12.1 Å². The molecule has 0 atom stereocenters. The molecule has 1 aromatic heterocycles. The smallest absolute Gasteiger partial charge is 0.289 e. The fraction of sp³-hybridized carbons (Fsp3) is 0.368. The molecule has 0 bridgehead atoms. The van der Waals surface area contributed by atoms with Crippen molar-refractivity contribution in [3.63, 3.8) is 0 Å². The quantitative estimate of drug-likeness (QED) is 0.673. The van der Waals surface area contributed by atoms with E-state index in [-0.39, 0.29) is 11.8 Å². The highest BCUT2D eigenvalue weighted by Gasteiger charge is 2.25. The zero-order valence-electron chi connectivity index (χ0n) is 14.4. The van der Waals surface area contributed by atoms with Gasteiger partial charge in [0.2, 0.25) is 5.91 Å². The maximum absolute atomic E-state index is 12.3. The van der Waals surface area contributed by atoms with Crippen LogP contribution in [-0.4, -0.2) is 54.4 Å². The van der Waals surface area contributed by atoms with Crippen LogP contribution in [0.1, 0.15) is 23.4 Å². The minimum atomic E-state index is -0.121. The van der Waals surface area contributed by atoms with E-state index >= 15 is 0 Å². The van der Waals surface area contributed by atoms with Crippen molar-refractivity contribution in [1.82, 2.24) is 9.80 Å². The van der Waals surface area contributed by atoms with E-state index in [1.165, 1.54) is 6.26 Å². The number of carbonyl (C=O) groups excluding carboxylic acids is 2. The Labute approximate surface area is 160 Å². The highest BCUT2D eigenvalue weighted by molar-refractivity contribution is 9.10. The summed E-state index contributed by atoms with van der Waals surface area (Å²) in [6, 6.07) is 11.0. The fourth-order valence-electron chi connectivity index (χ4n) is 2.84. The van der Waals surface area contributed by atoms with E-state index in [0.717, 1.165) is 10.2 Å². The fourth-order valence-corrected chi connectivity index (χ4v) is 3.24. The standard InChI is InChI=1S/C19H21BrN2O4/c20-15-5-1-2-6-16(15)25-14-4-8-18(23)21-9-11-22(12-10-21)19(24)17-7-3-13-26-17/h1-3,5-7,13H,4,8-12,14H2. The van der Waals surface area contributed by atoms with Crippen LogP contribution in [0.3, 0.4) is 0 Å². The number of nitrogens with zero attached hydrogens (tertiary/aromatic N) is 2. The van der Waals surface area contributed by atoms with Gasteiger partial charge in [-0.15, -0.1) is 0 Å². The molecule has 138 valence electrons. The van der Waals surface area contributed by atoms with Gasteiger partial charge in [0.15, 0.2) is 5.76 Å². The molecule has 0 radical (unpaired) electrons. The molecule has 2 heterocycles. The second kappa shape index (κ2) is 8.89. The molecule has 1 aliphatic heterocycles. The van der Waals surface area contributed by atoms with Crippen molar-refractivity contribution in [2.45, 2.75) is 12.8 Å². The predicted octanol–water partition coefficient (Wildman–Crippen LogP) is 3.19. The largest absolute Gasteiger partial charge is 0.492 e. The van der Waals surface area contributed by atoms with Gasteiger partial charge < -0.3 is 19.0 Å². The maximum atomic E-state index is 12.3. The molecule has 1 aromatic carbocycles. The number of hydrogen-bond acceptors (Lipinski definition) is 4. The SMILES string of the molecule is O=C(CCCOc1ccccc1Br)N1CCN(C(=O)c2ccco2)CC1. The van der Waals surface area contributed by atoms with Gasteiger partial charge in [0.05, 0.1) is 17.3 Å². The minimum absolute atomic E-state index is 0.103. The predicted molar refractivity (Wildman–Crippen MR) is 100 cm³/mol. The molecular formula is C19H21BrN2O4. The van der Waals surface area contributed by atoms with E-state index in [1.54, 1.807) is 17.0 Å². The molecule has 3 rings (SSSR count). The summed E-state index contributed by atoms with van der Waals surface area (Å²) in [6.07, 6.45) is 2.59. The first-order valence-corrected chi connectivity index (χ1v) is 9.42. The number of ether oxygens (including phenoxy) is 1. The number of furan rings is 1. The Kier molecular flexibility index (Phi) is 6.33. The summed E-state index contributed by atoms with van der Waals surface area (Å²) >= 11 is 3.43. The minimum Gasteiger partial charge on any atom is -0.492 e. The van der Waals surface area contributed by atoms with Gasteiger partial charge in [-0.2, -0.15) is 0 Å². The summed E-state index contributed by atoms with van der Waals surface area (Å²) in [5, 5.41) is 0. The molecule has 2 amide bonds. The number of halogens is 1. The van der Waals surface area contributed by atoms with Crippen LogP contribution in [0.5, 0.6) is 5.75 Å². The number of carbonyl (C=O) groups is 2. The topological polar surface area (TPSA) is 63.0 Å². The van der Waals surface area contributed by atoms with Crippen molar-refractivity contribution >= 4 is 27.7 Å². The Morgan fingerprint density at radius 3 is 2.46 bits per heavy atom. The Bertz CT molecular complexity index is 740. The van der Waals surface area contributed by atoms with Crippen molar-refractivity contribution in [1.29, 1.82) is 0 Å². The molecule has 1 aliphatic rings. The average molecular weight is 421 g/mol. The summed E-state index contributed by atoms with van der Waals surface area (Å²) < 4.78 is 11.7. The average Bonchev–Trinajstić information content (AvgIpc) is 3.20. The second-order valence-corrected chi connectivity index (χ2v) is 6.89. The monoisotopic (exact) mass is 420 g/mol. The Morgan fingerprint density at radius 1 is 1.04 bits per heavy atom. The molecule has 1 fully saturated rings. The van der Waals surface area contributed by atoms with Gasteiger partial charge in [-0.25, -0.2) is 0 Å². The summed E-state index contributed by atoms with van der Waals surface area (Å²) in [7, 11) is 0. The lowest BCUT2D eigenvalue weighted by atomic mass is 10.2. The first-order valence-electron chi connectivity index (χ1n) is 8.63. The van der Waals surface area contributed by atoms with E-state index in [1.807, 2.05) is 29.2 Å². The zero-order valence-corrected chi connectivity index (χ0v) is 16.0. The number of benzene rings is 1. The maximum Gasteiger partial charge on any atom is 0.289 e. The van der Waals surface area contributed by atoms with E-state index in [0.29, 0.717) is 51.4 Å². The summed E-state index contributed by atoms with van der Waals surface area (Å²) in [5.41, 5.74) is 0. The van der Waals surface area contributed by atoms with Crippen LogP contribution >= 0.6 is 15.9 Å². The first-order chi connectivity index (χ1) is 12.6. The van der Waals surface area contributed by atoms with Gasteiger partial charge in [0, 0.05) is 32.6 Å². The summed E-state index contributed by atoms with van der Waals surface area (Å²) in [4.78, 5) is 28.1. The molecular weight excluding hydrogens is 400 g/mol. The molecule has 0 spiro atoms. The van der Waals surface area contributed by atoms with E-state index < -0.39 is 0 Å². The van der Waals surface area contributed by atoms with Gasteiger partial charge in [-0.05, 0) is 46.6 Å². The van der Waals surface area contributed by atoms with Crippen molar-refractivity contribution < 1.29 is 18.7 Å². The van der Waals surface area contributed by atoms with Gasteiger partial charge in [-0.3, -0.25) is 9.59 Å². The zero-order chi connectivity index (χ0) is 18.4. The molecule has 0 N–H and O–H groups in total. The molecule has 7 heteroatoms. The highest BCUT2D eigenvalue weighted by atomic mass is 79.9. The normalized spacial score (nSPS) is 14.3. The van der Waals surface area contributed by atoms with Crippen LogP contribution in [0.2, 0.25) is 0 Å². The third-order valence-corrected chi connectivity index (χ3v) is 4.94.